The van der Waals surface area contributed by atoms with Crippen molar-refractivity contribution in [1.29, 1.82) is 0 Å². The number of ether oxygens (including phenoxy) is 2. The molecular formula is C18H15Cl2NO5. The van der Waals surface area contributed by atoms with Gasteiger partial charge in [0.25, 0.3) is 5.91 Å². The van der Waals surface area contributed by atoms with E-state index in [1.807, 2.05) is 0 Å². The first-order valence-corrected chi connectivity index (χ1v) is 8.24. The van der Waals surface area contributed by atoms with Crippen LogP contribution in [0.5, 0.6) is 5.75 Å². The van der Waals surface area contributed by atoms with Gasteiger partial charge < -0.3 is 14.8 Å². The van der Waals surface area contributed by atoms with Crippen molar-refractivity contribution in [3.05, 3.63) is 58.1 Å². The molecule has 0 unspecified atom stereocenters. The molecule has 0 radical (unpaired) electrons. The highest BCUT2D eigenvalue weighted by atomic mass is 35.5. The first-order chi connectivity index (χ1) is 12.3. The molecule has 0 bridgehead atoms. The number of anilines is 1. The number of amides is 1. The zero-order valence-electron chi connectivity index (χ0n) is 13.8. The molecule has 2 rings (SSSR count). The monoisotopic (exact) mass is 395 g/mol. The molecule has 6 nitrogen and oxygen atoms in total. The lowest BCUT2D eigenvalue weighted by Gasteiger charge is -2.09. The second kappa shape index (κ2) is 9.22. The number of benzene rings is 2. The molecule has 0 saturated heterocycles. The number of carbonyl (C=O) groups excluding carboxylic acids is 3. The Balaban J connectivity index is 1.78. The van der Waals surface area contributed by atoms with Crippen LogP contribution in [0, 0.1) is 0 Å². The molecule has 1 N–H and O–H groups in total. The minimum Gasteiger partial charge on any atom is -0.482 e. The molecule has 0 aromatic heterocycles. The molecule has 26 heavy (non-hydrogen) atoms. The number of Topliss-reactive ketones (excluding diaryl/α,β-unsaturated/α-hetero) is 1. The third kappa shape index (κ3) is 6.38. The molecular weight excluding hydrogens is 381 g/mol. The molecule has 1 amide bonds. The van der Waals surface area contributed by atoms with Crippen LogP contribution < -0.4 is 10.1 Å². The van der Waals surface area contributed by atoms with Gasteiger partial charge in [-0.1, -0.05) is 35.3 Å². The lowest BCUT2D eigenvalue weighted by Crippen LogP contribution is -2.23. The van der Waals surface area contributed by atoms with Crippen LogP contribution in [0.2, 0.25) is 10.0 Å². The summed E-state index contributed by atoms with van der Waals surface area (Å²) >= 11 is 11.7. The summed E-state index contributed by atoms with van der Waals surface area (Å²) in [5, 5.41) is 3.24. The van der Waals surface area contributed by atoms with Gasteiger partial charge in [0.2, 0.25) is 0 Å². The van der Waals surface area contributed by atoms with Crippen LogP contribution in [0.4, 0.5) is 5.69 Å². The smallest absolute Gasteiger partial charge is 0.344 e. The Labute approximate surface area is 160 Å². The molecule has 0 atom stereocenters. The van der Waals surface area contributed by atoms with E-state index in [0.717, 1.165) is 0 Å². The number of esters is 1. The van der Waals surface area contributed by atoms with Crippen molar-refractivity contribution in [2.75, 3.05) is 18.5 Å². The summed E-state index contributed by atoms with van der Waals surface area (Å²) < 4.78 is 10.1. The van der Waals surface area contributed by atoms with E-state index in [-0.39, 0.29) is 5.78 Å². The Kier molecular flexibility index (Phi) is 7.00. The molecule has 0 aliphatic rings. The van der Waals surface area contributed by atoms with Crippen molar-refractivity contribution in [3.63, 3.8) is 0 Å². The minimum absolute atomic E-state index is 0.115. The molecule has 2 aromatic rings. The summed E-state index contributed by atoms with van der Waals surface area (Å²) in [5.74, 6) is -1.03. The minimum atomic E-state index is -0.725. The standard InChI is InChI=1S/C18H15Cl2NO5/c1-11(22)12-3-2-4-16(5-12)25-10-18(24)26-9-17(23)21-15-7-13(19)6-14(20)8-15/h2-8H,9-10H2,1H3,(H,21,23). The molecule has 0 spiro atoms. The highest BCUT2D eigenvalue weighted by molar-refractivity contribution is 6.35. The summed E-state index contributed by atoms with van der Waals surface area (Å²) in [5.41, 5.74) is 0.858. The van der Waals surface area contributed by atoms with E-state index in [9.17, 15) is 14.4 Å². The highest BCUT2D eigenvalue weighted by Crippen LogP contribution is 2.22. The van der Waals surface area contributed by atoms with Gasteiger partial charge in [-0.05, 0) is 37.3 Å². The molecule has 8 heteroatoms. The average Bonchev–Trinajstić information content (AvgIpc) is 2.57. The fraction of sp³-hybridized carbons (Fsp3) is 0.167. The van der Waals surface area contributed by atoms with Gasteiger partial charge in [0.15, 0.2) is 19.0 Å². The van der Waals surface area contributed by atoms with Crippen LogP contribution >= 0.6 is 23.2 Å². The third-order valence-electron chi connectivity index (χ3n) is 3.11. The maximum absolute atomic E-state index is 11.8. The van der Waals surface area contributed by atoms with Gasteiger partial charge in [0.1, 0.15) is 5.75 Å². The third-order valence-corrected chi connectivity index (χ3v) is 3.54. The maximum atomic E-state index is 11.8. The van der Waals surface area contributed by atoms with Crippen LogP contribution in [-0.2, 0) is 14.3 Å². The number of nitrogens with one attached hydrogen (secondary N) is 1. The van der Waals surface area contributed by atoms with E-state index in [1.165, 1.54) is 31.2 Å². The van der Waals surface area contributed by atoms with Crippen molar-refractivity contribution < 1.29 is 23.9 Å². The predicted molar refractivity (Wildman–Crippen MR) is 98.0 cm³/mol. The number of ketones is 1. The normalized spacial score (nSPS) is 10.1. The molecule has 0 heterocycles. The number of halogens is 2. The quantitative estimate of drug-likeness (QED) is 0.570. The van der Waals surface area contributed by atoms with Crippen molar-refractivity contribution in [2.24, 2.45) is 0 Å². The van der Waals surface area contributed by atoms with E-state index < -0.39 is 25.1 Å². The van der Waals surface area contributed by atoms with Crippen molar-refractivity contribution in [2.45, 2.75) is 6.92 Å². The van der Waals surface area contributed by atoms with Crippen LogP contribution in [-0.4, -0.2) is 30.9 Å². The predicted octanol–water partition coefficient (Wildman–Crippen LogP) is 3.76. The summed E-state index contributed by atoms with van der Waals surface area (Å²) in [4.78, 5) is 34.7. The SMILES string of the molecule is CC(=O)c1cccc(OCC(=O)OCC(=O)Nc2cc(Cl)cc(Cl)c2)c1. The van der Waals surface area contributed by atoms with Gasteiger partial charge in [-0.15, -0.1) is 0 Å². The molecule has 0 aliphatic heterocycles. The topological polar surface area (TPSA) is 81.7 Å². The van der Waals surface area contributed by atoms with Gasteiger partial charge in [-0.2, -0.15) is 0 Å². The Bertz CT molecular complexity index is 818. The van der Waals surface area contributed by atoms with Gasteiger partial charge in [-0.3, -0.25) is 9.59 Å². The van der Waals surface area contributed by atoms with Gasteiger partial charge in [0, 0.05) is 21.3 Å². The number of hydrogen-bond donors (Lipinski definition) is 1. The maximum Gasteiger partial charge on any atom is 0.344 e. The fourth-order valence-electron chi connectivity index (χ4n) is 1.96. The number of rotatable bonds is 7. The van der Waals surface area contributed by atoms with Crippen molar-refractivity contribution in [1.82, 2.24) is 0 Å². The first kappa shape index (κ1) is 19.8. The van der Waals surface area contributed by atoms with Crippen LogP contribution in [0.3, 0.4) is 0 Å². The molecule has 136 valence electrons. The van der Waals surface area contributed by atoms with E-state index in [0.29, 0.717) is 27.0 Å². The number of hydrogen-bond acceptors (Lipinski definition) is 5. The van der Waals surface area contributed by atoms with Gasteiger partial charge >= 0.3 is 5.97 Å². The van der Waals surface area contributed by atoms with E-state index >= 15 is 0 Å². The van der Waals surface area contributed by atoms with Gasteiger partial charge in [-0.25, -0.2) is 4.79 Å². The number of carbonyl (C=O) groups is 3. The molecule has 2 aromatic carbocycles. The zero-order chi connectivity index (χ0) is 19.1. The Hall–Kier alpha value is -2.57. The second-order valence-electron chi connectivity index (χ2n) is 5.24. The Morgan fingerprint density at radius 3 is 2.35 bits per heavy atom. The van der Waals surface area contributed by atoms with Crippen LogP contribution in [0.15, 0.2) is 42.5 Å². The molecule has 0 saturated carbocycles. The molecule has 0 aliphatic carbocycles. The van der Waals surface area contributed by atoms with Crippen molar-refractivity contribution in [3.8, 4) is 5.75 Å². The van der Waals surface area contributed by atoms with Crippen LogP contribution in [0.25, 0.3) is 0 Å². The lowest BCUT2D eigenvalue weighted by atomic mass is 10.1. The van der Waals surface area contributed by atoms with E-state index in [4.69, 9.17) is 32.7 Å². The van der Waals surface area contributed by atoms with E-state index in [2.05, 4.69) is 5.32 Å². The summed E-state index contributed by atoms with van der Waals surface area (Å²) in [6.07, 6.45) is 0. The zero-order valence-corrected chi connectivity index (χ0v) is 15.3. The van der Waals surface area contributed by atoms with E-state index in [1.54, 1.807) is 18.2 Å². The Morgan fingerprint density at radius 1 is 1.00 bits per heavy atom. The highest BCUT2D eigenvalue weighted by Gasteiger charge is 2.10. The largest absolute Gasteiger partial charge is 0.482 e. The summed E-state index contributed by atoms with van der Waals surface area (Å²) in [7, 11) is 0. The second-order valence-corrected chi connectivity index (χ2v) is 6.11. The van der Waals surface area contributed by atoms with Crippen molar-refractivity contribution >= 4 is 46.5 Å². The summed E-state index contributed by atoms with van der Waals surface area (Å²) in [6, 6.07) is 11.0. The van der Waals surface area contributed by atoms with Crippen LogP contribution in [0.1, 0.15) is 17.3 Å². The molecule has 0 fully saturated rings. The summed E-state index contributed by atoms with van der Waals surface area (Å²) in [6.45, 7) is 0.552. The van der Waals surface area contributed by atoms with Gasteiger partial charge in [0.05, 0.1) is 0 Å². The fourth-order valence-corrected chi connectivity index (χ4v) is 2.48. The lowest BCUT2D eigenvalue weighted by molar-refractivity contribution is -0.149. The first-order valence-electron chi connectivity index (χ1n) is 7.49. The Morgan fingerprint density at radius 2 is 1.69 bits per heavy atom. The average molecular weight is 396 g/mol.